The van der Waals surface area contributed by atoms with Crippen LogP contribution in [0.2, 0.25) is 0 Å². The highest BCUT2D eigenvalue weighted by molar-refractivity contribution is 7.61. The first kappa shape index (κ1) is 26.7. The predicted octanol–water partition coefficient (Wildman–Crippen LogP) is 6.99. The van der Waals surface area contributed by atoms with E-state index in [4.69, 9.17) is 5.73 Å². The van der Waals surface area contributed by atoms with Crippen molar-refractivity contribution in [3.63, 3.8) is 0 Å². The molecule has 3 heteroatoms. The Kier molecular flexibility index (Phi) is 8.64. The summed E-state index contributed by atoms with van der Waals surface area (Å²) in [6, 6.07) is 6.40. The van der Waals surface area contributed by atoms with Crippen molar-refractivity contribution in [3.8, 4) is 0 Å². The third-order valence-corrected chi connectivity index (χ3v) is 13.0. The number of rotatable bonds is 4. The Hall–Kier alpha value is -0.380. The smallest absolute Gasteiger partial charge is 0.0390 e. The van der Waals surface area contributed by atoms with E-state index in [9.17, 15) is 0 Å². The largest absolute Gasteiger partial charge is 0.398 e. The summed E-state index contributed by atoms with van der Waals surface area (Å²) in [4.78, 5) is 0. The van der Waals surface area contributed by atoms with Crippen molar-refractivity contribution in [2.75, 3.05) is 18.1 Å². The van der Waals surface area contributed by atoms with E-state index in [1.54, 1.807) is 0 Å². The molecule has 1 rings (SSSR count). The maximum atomic E-state index is 6.46. The van der Waals surface area contributed by atoms with Crippen LogP contribution >= 0.6 is 15.8 Å². The Labute approximate surface area is 184 Å². The van der Waals surface area contributed by atoms with Crippen molar-refractivity contribution in [1.82, 2.24) is 0 Å². The van der Waals surface area contributed by atoms with Crippen LogP contribution in [0.3, 0.4) is 0 Å². The maximum absolute atomic E-state index is 6.46. The fourth-order valence-electron chi connectivity index (χ4n) is 4.50. The van der Waals surface area contributed by atoms with E-state index in [-0.39, 0.29) is 15.8 Å². The lowest BCUT2D eigenvalue weighted by molar-refractivity contribution is 0.707. The number of nitrogens with two attached hydrogens (primary N) is 1. The van der Waals surface area contributed by atoms with Crippen molar-refractivity contribution >= 4 is 33.7 Å². The van der Waals surface area contributed by atoms with Gasteiger partial charge in [-0.25, -0.2) is 0 Å². The van der Waals surface area contributed by atoms with Crippen molar-refractivity contribution < 1.29 is 0 Å². The molecule has 0 fully saturated rings. The van der Waals surface area contributed by atoms with Crippen LogP contribution in [0.25, 0.3) is 12.2 Å². The van der Waals surface area contributed by atoms with Gasteiger partial charge in [-0.3, -0.25) is 0 Å². The Morgan fingerprint density at radius 3 is 1.41 bits per heavy atom. The van der Waals surface area contributed by atoms with Crippen molar-refractivity contribution in [1.29, 1.82) is 0 Å². The van der Waals surface area contributed by atoms with E-state index in [0.29, 0.717) is 20.6 Å². The molecule has 2 N–H and O–H groups in total. The van der Waals surface area contributed by atoms with Gasteiger partial charge in [0.05, 0.1) is 0 Å². The van der Waals surface area contributed by atoms with Crippen LogP contribution in [0.4, 0.5) is 5.69 Å². The topological polar surface area (TPSA) is 26.0 Å². The zero-order valence-corrected chi connectivity index (χ0v) is 23.1. The van der Waals surface area contributed by atoms with Gasteiger partial charge in [-0.05, 0) is 44.2 Å². The quantitative estimate of drug-likeness (QED) is 0.400. The van der Waals surface area contributed by atoms with E-state index in [1.807, 2.05) is 0 Å². The molecule has 29 heavy (non-hydrogen) atoms. The average molecular weight is 436 g/mol. The van der Waals surface area contributed by atoms with E-state index in [0.717, 1.165) is 18.0 Å². The summed E-state index contributed by atoms with van der Waals surface area (Å²) in [6.07, 6.45) is 7.14. The molecule has 0 unspecified atom stereocenters. The third-order valence-electron chi connectivity index (χ3n) is 5.38. The molecule has 1 aromatic rings. The first-order valence-corrected chi connectivity index (χ1v) is 14.0. The summed E-state index contributed by atoms with van der Waals surface area (Å²) in [5, 5.41) is 3.87. The standard InChI is InChI=1S/C26H47NP2/c1-23(2,3)28(24(4,5)6)18-16-20-14-13-15-22(27)21(20)17-19-29(25(7,8)9)26(10,11)12/h13-17H,18-19,27H2,1-12H3. The molecule has 0 saturated carbocycles. The highest BCUT2D eigenvalue weighted by Crippen LogP contribution is 2.60. The van der Waals surface area contributed by atoms with Gasteiger partial charge in [0.1, 0.15) is 0 Å². The molecule has 0 aliphatic heterocycles. The Morgan fingerprint density at radius 1 is 0.655 bits per heavy atom. The van der Waals surface area contributed by atoms with Gasteiger partial charge in [-0.1, -0.05) is 123 Å². The molecule has 0 aromatic heterocycles. The minimum absolute atomic E-state index is 0.153. The monoisotopic (exact) mass is 435 g/mol. The van der Waals surface area contributed by atoms with Gasteiger partial charge in [0.2, 0.25) is 0 Å². The van der Waals surface area contributed by atoms with Gasteiger partial charge < -0.3 is 5.73 Å². The summed E-state index contributed by atoms with van der Waals surface area (Å²) in [7, 11) is -0.324. The Morgan fingerprint density at radius 2 is 1.03 bits per heavy atom. The van der Waals surface area contributed by atoms with Gasteiger partial charge in [-0.15, -0.1) is 0 Å². The molecule has 1 aromatic carbocycles. The summed E-state index contributed by atoms with van der Waals surface area (Å²) in [6.45, 7) is 28.7. The van der Waals surface area contributed by atoms with Crippen LogP contribution in [0.15, 0.2) is 18.2 Å². The second kappa shape index (κ2) is 9.40. The number of anilines is 1. The molecule has 0 bridgehead atoms. The van der Waals surface area contributed by atoms with E-state index < -0.39 is 0 Å². The van der Waals surface area contributed by atoms with Crippen molar-refractivity contribution in [2.24, 2.45) is 0 Å². The zero-order valence-electron chi connectivity index (χ0n) is 21.3. The van der Waals surface area contributed by atoms with Crippen LogP contribution in [0, 0.1) is 0 Å². The van der Waals surface area contributed by atoms with E-state index in [1.165, 1.54) is 10.4 Å². The first-order valence-electron chi connectivity index (χ1n) is 11.0. The maximum Gasteiger partial charge on any atom is 0.0390 e. The van der Waals surface area contributed by atoms with Gasteiger partial charge in [0.15, 0.2) is 0 Å². The van der Waals surface area contributed by atoms with Gasteiger partial charge in [-0.2, -0.15) is 0 Å². The number of benzene rings is 1. The van der Waals surface area contributed by atoms with Gasteiger partial charge in [0, 0.05) is 10.9 Å². The fraction of sp³-hybridized carbons (Fsp3) is 0.692. The zero-order chi connectivity index (χ0) is 22.8. The van der Waals surface area contributed by atoms with Crippen LogP contribution in [0.5, 0.6) is 0 Å². The van der Waals surface area contributed by atoms with Crippen LogP contribution in [0.1, 0.15) is 83.1 Å². The Balaban J connectivity index is 3.43. The summed E-state index contributed by atoms with van der Waals surface area (Å²) in [5.74, 6) is 0. The number of nitrogen functional groups attached to an aromatic ring is 1. The van der Waals surface area contributed by atoms with Crippen molar-refractivity contribution in [3.05, 3.63) is 28.6 Å². The van der Waals surface area contributed by atoms with E-state index in [2.05, 4.69) is 113 Å². The van der Waals surface area contributed by atoms with Gasteiger partial charge in [0.25, 0.3) is 0 Å². The number of hydrogen-bond acceptors (Lipinski definition) is 1. The summed E-state index contributed by atoms with van der Waals surface area (Å²) >= 11 is 0. The predicted molar refractivity (Wildman–Crippen MR) is 142 cm³/mol. The minimum atomic E-state index is -0.171. The molecule has 166 valence electrons. The molecule has 0 spiro atoms. The third kappa shape index (κ3) is 7.99. The molecule has 0 aliphatic rings. The molecule has 0 saturated heterocycles. The molecule has 0 aliphatic carbocycles. The van der Waals surface area contributed by atoms with Crippen LogP contribution < -0.4 is 16.2 Å². The highest BCUT2D eigenvalue weighted by Gasteiger charge is 2.34. The molecule has 1 nitrogen and oxygen atoms in total. The molecule has 0 radical (unpaired) electrons. The second-order valence-electron chi connectivity index (χ2n) is 12.2. The highest BCUT2D eigenvalue weighted by atomic mass is 31.1. The minimum Gasteiger partial charge on any atom is -0.398 e. The van der Waals surface area contributed by atoms with Crippen molar-refractivity contribution in [2.45, 2.75) is 104 Å². The molecule has 0 atom stereocenters. The van der Waals surface area contributed by atoms with Crippen LogP contribution in [-0.2, 0) is 0 Å². The fourth-order valence-corrected chi connectivity index (χ4v) is 11.5. The lowest BCUT2D eigenvalue weighted by Crippen LogP contribution is -2.31. The molecule has 0 amide bonds. The second-order valence-corrected chi connectivity index (χ2v) is 20.0. The van der Waals surface area contributed by atoms with Crippen LogP contribution in [-0.4, -0.2) is 32.9 Å². The number of hydrogen-bond donors (Lipinski definition) is 1. The van der Waals surface area contributed by atoms with Gasteiger partial charge >= 0.3 is 0 Å². The normalized spacial score (nSPS) is 15.7. The molecular weight excluding hydrogens is 388 g/mol. The lowest BCUT2D eigenvalue weighted by Gasteiger charge is -2.41. The summed E-state index contributed by atoms with van der Waals surface area (Å²) in [5.41, 5.74) is 7.37. The molecular formula is C26H47NP2. The summed E-state index contributed by atoms with van der Waals surface area (Å²) < 4.78 is 0. The van der Waals surface area contributed by atoms with E-state index >= 15 is 0 Å². The average Bonchev–Trinajstić information content (AvgIpc) is 2.44. The lowest BCUT2D eigenvalue weighted by atomic mass is 10.2. The Bertz CT molecular complexity index is 752. The SMILES string of the molecule is CC(C)(C)P(CC=c1cccc(N)c1=CCP(C(C)(C)C)C(C)(C)C)C(C)(C)C. The first-order chi connectivity index (χ1) is 12.8. The molecule has 0 heterocycles.